The predicted octanol–water partition coefficient (Wildman–Crippen LogP) is 3.66. The molecule has 0 aliphatic carbocycles. The van der Waals surface area contributed by atoms with E-state index in [4.69, 9.17) is 11.6 Å². The molecule has 1 amide bonds. The molecule has 0 spiro atoms. The molecular formula is C17H16ClNO3S. The Morgan fingerprint density at radius 3 is 2.26 bits per heavy atom. The highest BCUT2D eigenvalue weighted by atomic mass is 35.5. The number of amides is 1. The summed E-state index contributed by atoms with van der Waals surface area (Å²) in [6, 6.07) is 11.3. The van der Waals surface area contributed by atoms with Gasteiger partial charge in [-0.05, 0) is 50.6 Å². The second kappa shape index (κ2) is 5.08. The summed E-state index contributed by atoms with van der Waals surface area (Å²) in [4.78, 5) is 12.9. The van der Waals surface area contributed by atoms with Gasteiger partial charge in [0.1, 0.15) is 0 Å². The van der Waals surface area contributed by atoms with Crippen molar-refractivity contribution in [2.75, 3.05) is 4.31 Å². The number of hydrogen-bond acceptors (Lipinski definition) is 3. The molecule has 6 heteroatoms. The summed E-state index contributed by atoms with van der Waals surface area (Å²) in [6.45, 7) is 5.30. The van der Waals surface area contributed by atoms with E-state index in [0.717, 1.165) is 9.87 Å². The van der Waals surface area contributed by atoms with Crippen LogP contribution in [0.4, 0.5) is 5.69 Å². The van der Waals surface area contributed by atoms with Gasteiger partial charge in [-0.3, -0.25) is 4.79 Å². The highest BCUT2D eigenvalue weighted by Gasteiger charge is 2.49. The maximum absolute atomic E-state index is 13.0. The Morgan fingerprint density at radius 1 is 1.04 bits per heavy atom. The Kier molecular flexibility index (Phi) is 3.54. The SMILES string of the molecule is Cc1ccc(S(=O)(=O)N2C(=O)C(C)(C)c3ccc(Cl)cc32)cc1. The van der Waals surface area contributed by atoms with E-state index in [0.29, 0.717) is 16.3 Å². The zero-order chi connectivity index (χ0) is 17.0. The first kappa shape index (κ1) is 16.0. The number of anilines is 1. The van der Waals surface area contributed by atoms with Crippen LogP contribution in [0.25, 0.3) is 0 Å². The topological polar surface area (TPSA) is 54.5 Å². The fourth-order valence-electron chi connectivity index (χ4n) is 2.73. The normalized spacial score (nSPS) is 16.5. The van der Waals surface area contributed by atoms with Gasteiger partial charge in [-0.25, -0.2) is 12.7 Å². The lowest BCUT2D eigenvalue weighted by Gasteiger charge is -2.20. The van der Waals surface area contributed by atoms with E-state index >= 15 is 0 Å². The van der Waals surface area contributed by atoms with Crippen molar-refractivity contribution in [3.63, 3.8) is 0 Å². The van der Waals surface area contributed by atoms with Crippen LogP contribution in [0.1, 0.15) is 25.0 Å². The molecule has 1 aliphatic rings. The number of benzene rings is 2. The largest absolute Gasteiger partial charge is 0.272 e. The lowest BCUT2D eigenvalue weighted by atomic mass is 9.86. The van der Waals surface area contributed by atoms with Crippen LogP contribution in [0.15, 0.2) is 47.4 Å². The molecule has 2 aromatic rings. The Labute approximate surface area is 140 Å². The van der Waals surface area contributed by atoms with E-state index in [2.05, 4.69) is 0 Å². The molecule has 120 valence electrons. The fourth-order valence-corrected chi connectivity index (χ4v) is 4.45. The van der Waals surface area contributed by atoms with E-state index < -0.39 is 21.3 Å². The number of rotatable bonds is 2. The average Bonchev–Trinajstić information content (AvgIpc) is 2.66. The first-order chi connectivity index (χ1) is 10.7. The van der Waals surface area contributed by atoms with Crippen molar-refractivity contribution >= 4 is 33.2 Å². The molecule has 0 saturated carbocycles. The number of carbonyl (C=O) groups excluding carboxylic acids is 1. The maximum Gasteiger partial charge on any atom is 0.270 e. The number of hydrogen-bond donors (Lipinski definition) is 0. The molecule has 0 N–H and O–H groups in total. The summed E-state index contributed by atoms with van der Waals surface area (Å²) in [5, 5.41) is 0.387. The van der Waals surface area contributed by atoms with E-state index in [1.807, 2.05) is 6.92 Å². The molecular weight excluding hydrogens is 334 g/mol. The first-order valence-electron chi connectivity index (χ1n) is 7.12. The molecule has 1 heterocycles. The standard InChI is InChI=1S/C17H16ClNO3S/c1-11-4-7-13(8-5-11)23(21,22)19-15-10-12(18)6-9-14(15)17(2,3)16(19)20/h4-10H,1-3H3. The molecule has 0 fully saturated rings. The summed E-state index contributed by atoms with van der Waals surface area (Å²) in [5.74, 6) is -0.477. The molecule has 23 heavy (non-hydrogen) atoms. The van der Waals surface area contributed by atoms with Gasteiger partial charge in [0, 0.05) is 5.02 Å². The monoisotopic (exact) mass is 349 g/mol. The minimum atomic E-state index is -3.98. The van der Waals surface area contributed by atoms with Crippen LogP contribution in [-0.2, 0) is 20.2 Å². The van der Waals surface area contributed by atoms with Gasteiger partial charge in [0.25, 0.3) is 15.9 Å². The second-order valence-corrected chi connectivity index (χ2v) is 8.40. The van der Waals surface area contributed by atoms with Crippen LogP contribution in [0.2, 0.25) is 5.02 Å². The molecule has 0 bridgehead atoms. The van der Waals surface area contributed by atoms with Crippen LogP contribution in [0.5, 0.6) is 0 Å². The molecule has 4 nitrogen and oxygen atoms in total. The van der Waals surface area contributed by atoms with Crippen molar-refractivity contribution in [3.05, 3.63) is 58.6 Å². The van der Waals surface area contributed by atoms with Crippen molar-refractivity contribution in [1.82, 2.24) is 0 Å². The van der Waals surface area contributed by atoms with Crippen LogP contribution in [-0.4, -0.2) is 14.3 Å². The maximum atomic E-state index is 13.0. The van der Waals surface area contributed by atoms with E-state index in [-0.39, 0.29) is 4.90 Å². The number of fused-ring (bicyclic) bond motifs is 1. The smallest absolute Gasteiger partial charge is 0.270 e. The van der Waals surface area contributed by atoms with Gasteiger partial charge in [-0.2, -0.15) is 0 Å². The van der Waals surface area contributed by atoms with Crippen molar-refractivity contribution < 1.29 is 13.2 Å². The number of aryl methyl sites for hydroxylation is 1. The zero-order valence-electron chi connectivity index (χ0n) is 13.0. The molecule has 0 unspecified atom stereocenters. The van der Waals surface area contributed by atoms with Crippen LogP contribution >= 0.6 is 11.6 Å². The lowest BCUT2D eigenvalue weighted by Crippen LogP contribution is -2.40. The van der Waals surface area contributed by atoms with Gasteiger partial charge in [0.2, 0.25) is 0 Å². The summed E-state index contributed by atoms with van der Waals surface area (Å²) in [7, 11) is -3.98. The van der Waals surface area contributed by atoms with Gasteiger partial charge in [-0.1, -0.05) is 35.4 Å². The fraction of sp³-hybridized carbons (Fsp3) is 0.235. The van der Waals surface area contributed by atoms with Crippen LogP contribution < -0.4 is 4.31 Å². The van der Waals surface area contributed by atoms with Crippen LogP contribution in [0.3, 0.4) is 0 Å². The molecule has 0 radical (unpaired) electrons. The highest BCUT2D eigenvalue weighted by Crippen LogP contribution is 2.45. The third kappa shape index (κ3) is 2.35. The van der Waals surface area contributed by atoms with Crippen molar-refractivity contribution in [2.45, 2.75) is 31.1 Å². The average molecular weight is 350 g/mol. The summed E-state index contributed by atoms with van der Waals surface area (Å²) < 4.78 is 26.8. The third-order valence-electron chi connectivity index (χ3n) is 4.13. The van der Waals surface area contributed by atoms with Crippen molar-refractivity contribution in [3.8, 4) is 0 Å². The van der Waals surface area contributed by atoms with Gasteiger partial charge >= 0.3 is 0 Å². The number of carbonyl (C=O) groups is 1. The summed E-state index contributed by atoms with van der Waals surface area (Å²) >= 11 is 6.01. The Balaban J connectivity index is 2.22. The number of halogens is 1. The second-order valence-electron chi connectivity index (χ2n) is 6.17. The Bertz CT molecular complexity index is 902. The molecule has 1 aliphatic heterocycles. The van der Waals surface area contributed by atoms with Crippen LogP contribution in [0, 0.1) is 6.92 Å². The minimum absolute atomic E-state index is 0.0834. The zero-order valence-corrected chi connectivity index (χ0v) is 14.6. The predicted molar refractivity (Wildman–Crippen MR) is 90.3 cm³/mol. The van der Waals surface area contributed by atoms with E-state index in [1.165, 1.54) is 18.2 Å². The highest BCUT2D eigenvalue weighted by molar-refractivity contribution is 7.93. The lowest BCUT2D eigenvalue weighted by molar-refractivity contribution is -0.120. The Hall–Kier alpha value is -1.85. The van der Waals surface area contributed by atoms with E-state index in [1.54, 1.807) is 38.1 Å². The van der Waals surface area contributed by atoms with Gasteiger partial charge < -0.3 is 0 Å². The Morgan fingerprint density at radius 2 is 1.65 bits per heavy atom. The first-order valence-corrected chi connectivity index (χ1v) is 8.94. The van der Waals surface area contributed by atoms with Crippen molar-refractivity contribution in [1.29, 1.82) is 0 Å². The van der Waals surface area contributed by atoms with Gasteiger partial charge in [0.05, 0.1) is 16.0 Å². The molecule has 0 saturated heterocycles. The third-order valence-corrected chi connectivity index (χ3v) is 6.08. The summed E-state index contributed by atoms with van der Waals surface area (Å²) in [6.07, 6.45) is 0. The van der Waals surface area contributed by atoms with E-state index in [9.17, 15) is 13.2 Å². The quantitative estimate of drug-likeness (QED) is 0.831. The minimum Gasteiger partial charge on any atom is -0.272 e. The molecule has 0 aromatic heterocycles. The van der Waals surface area contributed by atoms with Gasteiger partial charge in [0.15, 0.2) is 0 Å². The molecule has 0 atom stereocenters. The number of nitrogens with zero attached hydrogens (tertiary/aromatic N) is 1. The number of sulfonamides is 1. The van der Waals surface area contributed by atoms with Crippen molar-refractivity contribution in [2.24, 2.45) is 0 Å². The molecule has 2 aromatic carbocycles. The van der Waals surface area contributed by atoms with Gasteiger partial charge in [-0.15, -0.1) is 0 Å². The summed E-state index contributed by atoms with van der Waals surface area (Å²) in [5.41, 5.74) is 1.01. The molecule has 3 rings (SSSR count).